The number of fused-ring (bicyclic) bond motifs is 1. The fraction of sp³-hybridized carbons (Fsp3) is 0.214. The number of rotatable bonds is 5. The molecule has 1 fully saturated rings. The largest absolute Gasteiger partial charge is 0.460 e. The van der Waals surface area contributed by atoms with Gasteiger partial charge in [0, 0.05) is 5.39 Å². The first-order valence-electron chi connectivity index (χ1n) is 11.5. The molecule has 5 nitrogen and oxygen atoms in total. The molecular formula is C28H28N3O2+. The van der Waals surface area contributed by atoms with Gasteiger partial charge in [-0.1, -0.05) is 54.6 Å². The van der Waals surface area contributed by atoms with Gasteiger partial charge in [-0.05, 0) is 42.8 Å². The van der Waals surface area contributed by atoms with Crippen LogP contribution in [-0.2, 0) is 0 Å². The van der Waals surface area contributed by atoms with E-state index in [9.17, 15) is 4.79 Å². The van der Waals surface area contributed by atoms with E-state index in [1.165, 1.54) is 10.5 Å². The molecule has 3 heterocycles. The van der Waals surface area contributed by atoms with E-state index in [4.69, 9.17) is 9.40 Å². The molecule has 0 aliphatic carbocycles. The Morgan fingerprint density at radius 3 is 2.55 bits per heavy atom. The molecular weight excluding hydrogens is 410 g/mol. The summed E-state index contributed by atoms with van der Waals surface area (Å²) in [4.78, 5) is 21.8. The van der Waals surface area contributed by atoms with E-state index in [0.717, 1.165) is 49.4 Å². The van der Waals surface area contributed by atoms with Gasteiger partial charge < -0.3 is 14.2 Å². The highest BCUT2D eigenvalue weighted by atomic mass is 16.3. The van der Waals surface area contributed by atoms with Crippen molar-refractivity contribution in [2.75, 3.05) is 32.7 Å². The van der Waals surface area contributed by atoms with Crippen molar-refractivity contribution in [3.8, 4) is 11.5 Å². The third-order valence-corrected chi connectivity index (χ3v) is 6.21. The van der Waals surface area contributed by atoms with Gasteiger partial charge in [-0.2, -0.15) is 0 Å². The predicted octanol–water partition coefficient (Wildman–Crippen LogP) is 3.86. The number of amides is 1. The summed E-state index contributed by atoms with van der Waals surface area (Å²) in [6, 6.07) is 23.9. The van der Waals surface area contributed by atoms with Crippen molar-refractivity contribution in [2.24, 2.45) is 0 Å². The summed E-state index contributed by atoms with van der Waals surface area (Å²) in [7, 11) is 0. The first-order chi connectivity index (χ1) is 16.2. The Kier molecular flexibility index (Phi) is 6.05. The van der Waals surface area contributed by atoms with Crippen LogP contribution in [0.15, 0.2) is 83.3 Å². The van der Waals surface area contributed by atoms with E-state index in [1.807, 2.05) is 60.4 Å². The molecule has 0 spiro atoms. The minimum Gasteiger partial charge on any atom is -0.460 e. The lowest BCUT2D eigenvalue weighted by atomic mass is 10.0. The highest BCUT2D eigenvalue weighted by Crippen LogP contribution is 2.27. The van der Waals surface area contributed by atoms with E-state index >= 15 is 0 Å². The second-order valence-electron chi connectivity index (χ2n) is 8.54. The van der Waals surface area contributed by atoms with Crippen LogP contribution in [-0.4, -0.2) is 48.5 Å². The molecule has 0 saturated carbocycles. The Bertz CT molecular complexity index is 1290. The van der Waals surface area contributed by atoms with Gasteiger partial charge in [-0.25, -0.2) is 4.98 Å². The summed E-state index contributed by atoms with van der Waals surface area (Å²) in [6.45, 7) is 6.26. The number of para-hydroxylation sites is 1. The molecule has 0 radical (unpaired) electrons. The van der Waals surface area contributed by atoms with E-state index in [-0.39, 0.29) is 5.91 Å². The van der Waals surface area contributed by atoms with E-state index in [0.29, 0.717) is 17.0 Å². The zero-order valence-corrected chi connectivity index (χ0v) is 18.8. The summed E-state index contributed by atoms with van der Waals surface area (Å²) in [6.07, 6.45) is 4.40. The highest BCUT2D eigenvalue weighted by molar-refractivity contribution is 6.07. The number of piperazine rings is 1. The van der Waals surface area contributed by atoms with Gasteiger partial charge >= 0.3 is 0 Å². The molecule has 1 amide bonds. The second kappa shape index (κ2) is 9.43. The first-order valence-corrected chi connectivity index (χ1v) is 11.5. The summed E-state index contributed by atoms with van der Waals surface area (Å²) < 4.78 is 5.79. The third-order valence-electron chi connectivity index (χ3n) is 6.21. The monoisotopic (exact) mass is 438 g/mol. The van der Waals surface area contributed by atoms with Crippen molar-refractivity contribution >= 4 is 22.9 Å². The molecule has 0 bridgehead atoms. The van der Waals surface area contributed by atoms with Crippen molar-refractivity contribution in [3.05, 3.63) is 95.8 Å². The Balaban J connectivity index is 1.31. The molecule has 0 unspecified atom stereocenters. The maximum atomic E-state index is 13.6. The topological polar surface area (TPSA) is 50.8 Å². The molecule has 1 aliphatic heterocycles. The number of carbonyl (C=O) groups excluding carboxylic acids is 1. The summed E-state index contributed by atoms with van der Waals surface area (Å²) >= 11 is 0. The number of nitrogens with zero attached hydrogens (tertiary/aromatic N) is 2. The summed E-state index contributed by atoms with van der Waals surface area (Å²) in [5, 5.41) is 0.884. The highest BCUT2D eigenvalue weighted by Gasteiger charge is 2.26. The number of quaternary nitrogens is 1. The van der Waals surface area contributed by atoms with Crippen LogP contribution in [0.4, 0.5) is 0 Å². The zero-order chi connectivity index (χ0) is 22.6. The summed E-state index contributed by atoms with van der Waals surface area (Å²) in [5.74, 6) is 1.58. The number of nitrogens with one attached hydrogen (secondary N) is 1. The van der Waals surface area contributed by atoms with Gasteiger partial charge in [0.1, 0.15) is 11.5 Å². The Labute approximate surface area is 194 Å². The molecule has 1 saturated heterocycles. The van der Waals surface area contributed by atoms with Crippen molar-refractivity contribution in [1.29, 1.82) is 0 Å². The number of hydrogen-bond donors (Lipinski definition) is 1. The molecule has 5 rings (SSSR count). The first kappa shape index (κ1) is 21.2. The lowest BCUT2D eigenvalue weighted by Gasteiger charge is -2.32. The van der Waals surface area contributed by atoms with E-state index in [2.05, 4.69) is 36.4 Å². The van der Waals surface area contributed by atoms with Crippen LogP contribution < -0.4 is 4.90 Å². The maximum Gasteiger partial charge on any atom is 0.255 e. The molecule has 33 heavy (non-hydrogen) atoms. The minimum absolute atomic E-state index is 0.0667. The molecule has 2 aromatic carbocycles. The van der Waals surface area contributed by atoms with Crippen molar-refractivity contribution < 1.29 is 14.1 Å². The molecule has 0 atom stereocenters. The fourth-order valence-corrected chi connectivity index (χ4v) is 4.38. The van der Waals surface area contributed by atoms with Crippen LogP contribution in [0.5, 0.6) is 0 Å². The smallest absolute Gasteiger partial charge is 0.255 e. The van der Waals surface area contributed by atoms with Gasteiger partial charge in [-0.3, -0.25) is 4.79 Å². The standard InChI is InChI=1S/C28H27N3O2/c1-21-13-14-27(33-21)26-20-24(23-11-5-6-12-25(23)29-26)28(32)31-18-16-30(17-19-31)15-7-10-22-8-3-2-4-9-22/h2-14,20H,15-19H2,1H3/p+1/b10-7+. The number of furan rings is 1. The second-order valence-corrected chi connectivity index (χ2v) is 8.54. The number of aromatic nitrogens is 1. The molecule has 166 valence electrons. The Morgan fingerprint density at radius 2 is 1.79 bits per heavy atom. The SMILES string of the molecule is Cc1ccc(-c2cc(C(=O)N3CC[NH+](C/C=C/c4ccccc4)CC3)c3ccccc3n2)o1. The number of pyridine rings is 1. The van der Waals surface area contributed by atoms with Gasteiger partial charge in [0.25, 0.3) is 5.91 Å². The molecule has 4 aromatic rings. The number of carbonyl (C=O) groups is 1. The lowest BCUT2D eigenvalue weighted by molar-refractivity contribution is -0.898. The number of benzene rings is 2. The molecule has 5 heteroatoms. The van der Waals surface area contributed by atoms with Crippen LogP contribution >= 0.6 is 0 Å². The van der Waals surface area contributed by atoms with Crippen LogP contribution in [0.25, 0.3) is 28.4 Å². The van der Waals surface area contributed by atoms with Gasteiger partial charge in [0.05, 0.1) is 43.8 Å². The van der Waals surface area contributed by atoms with Crippen molar-refractivity contribution in [1.82, 2.24) is 9.88 Å². The average molecular weight is 439 g/mol. The predicted molar refractivity (Wildman–Crippen MR) is 131 cm³/mol. The van der Waals surface area contributed by atoms with Crippen LogP contribution in [0.1, 0.15) is 21.7 Å². The van der Waals surface area contributed by atoms with E-state index in [1.54, 1.807) is 0 Å². The third kappa shape index (κ3) is 4.73. The Morgan fingerprint density at radius 1 is 1.03 bits per heavy atom. The zero-order valence-electron chi connectivity index (χ0n) is 18.8. The minimum atomic E-state index is 0.0667. The quantitative estimate of drug-likeness (QED) is 0.515. The number of hydrogen-bond acceptors (Lipinski definition) is 3. The summed E-state index contributed by atoms with van der Waals surface area (Å²) in [5.41, 5.74) is 3.41. The van der Waals surface area contributed by atoms with Gasteiger partial charge in [0.2, 0.25) is 0 Å². The molecule has 1 aliphatic rings. The molecule has 1 N–H and O–H groups in total. The van der Waals surface area contributed by atoms with Crippen molar-refractivity contribution in [2.45, 2.75) is 6.92 Å². The normalized spacial score (nSPS) is 14.9. The average Bonchev–Trinajstić information content (AvgIpc) is 3.30. The van der Waals surface area contributed by atoms with Crippen LogP contribution in [0.2, 0.25) is 0 Å². The fourth-order valence-electron chi connectivity index (χ4n) is 4.38. The molecule has 2 aromatic heterocycles. The van der Waals surface area contributed by atoms with Gasteiger partial charge in [-0.15, -0.1) is 0 Å². The van der Waals surface area contributed by atoms with E-state index < -0.39 is 0 Å². The maximum absolute atomic E-state index is 13.6. The number of aryl methyl sites for hydroxylation is 1. The van der Waals surface area contributed by atoms with Crippen LogP contribution in [0.3, 0.4) is 0 Å². The van der Waals surface area contributed by atoms with Crippen LogP contribution in [0, 0.1) is 6.92 Å². The van der Waals surface area contributed by atoms with Crippen molar-refractivity contribution in [3.63, 3.8) is 0 Å². The van der Waals surface area contributed by atoms with Gasteiger partial charge in [0.15, 0.2) is 5.76 Å². The Hall–Kier alpha value is -3.70. The lowest BCUT2D eigenvalue weighted by Crippen LogP contribution is -3.14.